The lowest BCUT2D eigenvalue weighted by atomic mass is 9.98. The summed E-state index contributed by atoms with van der Waals surface area (Å²) in [6, 6.07) is -1.16. The van der Waals surface area contributed by atoms with E-state index in [9.17, 15) is 40.5 Å². The number of rotatable bonds is 49. The molecule has 1 saturated heterocycles. The van der Waals surface area contributed by atoms with E-state index in [0.717, 1.165) is 38.5 Å². The molecule has 1 amide bonds. The molecule has 1 heterocycles. The first-order valence-electron chi connectivity index (χ1n) is 28.4. The number of hydrogen-bond acceptors (Lipinski definition) is 10. The van der Waals surface area contributed by atoms with Gasteiger partial charge in [-0.1, -0.05) is 264 Å². The van der Waals surface area contributed by atoms with Crippen LogP contribution in [0.5, 0.6) is 0 Å². The second-order valence-corrected chi connectivity index (χ2v) is 20.4. The van der Waals surface area contributed by atoms with E-state index in [1.807, 2.05) is 0 Å². The van der Waals surface area contributed by atoms with Gasteiger partial charge in [-0.15, -0.1) is 0 Å². The van der Waals surface area contributed by atoms with Crippen molar-refractivity contribution in [3.8, 4) is 0 Å². The molecule has 11 nitrogen and oxygen atoms in total. The van der Waals surface area contributed by atoms with Crippen LogP contribution in [0.1, 0.15) is 277 Å². The van der Waals surface area contributed by atoms with Crippen LogP contribution in [0.3, 0.4) is 0 Å². The van der Waals surface area contributed by atoms with E-state index in [1.54, 1.807) is 0 Å². The van der Waals surface area contributed by atoms with Crippen LogP contribution < -0.4 is 5.32 Å². The molecule has 0 aromatic heterocycles. The molecule has 394 valence electrons. The molecule has 1 aliphatic rings. The molecule has 8 N–H and O–H groups in total. The summed E-state index contributed by atoms with van der Waals surface area (Å²) < 4.78 is 11.1. The molecular formula is C55H109NO10. The summed E-state index contributed by atoms with van der Waals surface area (Å²) in [5.74, 6) is -0.690. The Morgan fingerprint density at radius 1 is 0.470 bits per heavy atom. The fourth-order valence-electron chi connectivity index (χ4n) is 9.50. The highest BCUT2D eigenvalue weighted by molar-refractivity contribution is 5.80. The van der Waals surface area contributed by atoms with E-state index in [0.29, 0.717) is 19.3 Å². The molecule has 9 unspecified atom stereocenters. The van der Waals surface area contributed by atoms with Crippen LogP contribution in [0, 0.1) is 0 Å². The van der Waals surface area contributed by atoms with Crippen molar-refractivity contribution < 1.29 is 50.0 Å². The smallest absolute Gasteiger partial charge is 0.249 e. The first-order valence-corrected chi connectivity index (χ1v) is 28.4. The zero-order chi connectivity index (χ0) is 48.3. The number of carbonyl (C=O) groups is 1. The Bertz CT molecular complexity index is 1040. The van der Waals surface area contributed by atoms with Crippen molar-refractivity contribution in [3.63, 3.8) is 0 Å². The fourth-order valence-corrected chi connectivity index (χ4v) is 9.50. The first-order chi connectivity index (χ1) is 32.2. The van der Waals surface area contributed by atoms with Gasteiger partial charge in [-0.05, 0) is 12.8 Å². The predicted octanol–water partition coefficient (Wildman–Crippen LogP) is 11.4. The van der Waals surface area contributed by atoms with Crippen molar-refractivity contribution in [1.82, 2.24) is 5.32 Å². The van der Waals surface area contributed by atoms with E-state index >= 15 is 0 Å². The van der Waals surface area contributed by atoms with Crippen LogP contribution in [-0.2, 0) is 14.3 Å². The second-order valence-electron chi connectivity index (χ2n) is 20.4. The molecule has 0 saturated carbocycles. The molecule has 1 fully saturated rings. The zero-order valence-electron chi connectivity index (χ0n) is 43.0. The fraction of sp³-hybridized carbons (Fsp3) is 0.982. The standard InChI is InChI=1S/C55H109NO10/c1-3-5-7-9-11-13-15-17-19-21-23-24-25-27-28-30-32-34-36-38-40-42-47(58)50(60)46(45-65-55-53(63)52(62)51(61)49(44-57)66-55)56-54(64)48(59)43-41-39-37-35-33-31-29-26-22-20-18-16-14-12-10-8-6-4-2/h46-53,55,57-63H,3-45H2,1-2H3,(H,56,64). The molecule has 0 bridgehead atoms. The molecule has 0 aromatic carbocycles. The van der Waals surface area contributed by atoms with Crippen molar-refractivity contribution in [1.29, 1.82) is 0 Å². The molecule has 66 heavy (non-hydrogen) atoms. The molecular weight excluding hydrogens is 835 g/mol. The maximum absolute atomic E-state index is 13.2. The van der Waals surface area contributed by atoms with Crippen LogP contribution in [0.15, 0.2) is 0 Å². The van der Waals surface area contributed by atoms with Crippen molar-refractivity contribution >= 4 is 5.91 Å². The van der Waals surface area contributed by atoms with Gasteiger partial charge in [0.2, 0.25) is 5.91 Å². The van der Waals surface area contributed by atoms with Gasteiger partial charge in [0.15, 0.2) is 6.29 Å². The summed E-state index contributed by atoms with van der Waals surface area (Å²) in [6.07, 6.45) is 38.6. The Morgan fingerprint density at radius 3 is 1.12 bits per heavy atom. The maximum Gasteiger partial charge on any atom is 0.249 e. The van der Waals surface area contributed by atoms with E-state index in [2.05, 4.69) is 19.2 Å². The van der Waals surface area contributed by atoms with Crippen LogP contribution in [0.4, 0.5) is 0 Å². The van der Waals surface area contributed by atoms with Crippen LogP contribution in [0.25, 0.3) is 0 Å². The molecule has 0 aliphatic carbocycles. The van der Waals surface area contributed by atoms with Crippen molar-refractivity contribution in [2.45, 2.75) is 332 Å². The highest BCUT2D eigenvalue weighted by atomic mass is 16.7. The number of ether oxygens (including phenoxy) is 2. The predicted molar refractivity (Wildman–Crippen MR) is 270 cm³/mol. The first kappa shape index (κ1) is 63.1. The highest BCUT2D eigenvalue weighted by Crippen LogP contribution is 2.24. The normalized spacial score (nSPS) is 20.7. The minimum Gasteiger partial charge on any atom is -0.394 e. The molecule has 0 spiro atoms. The summed E-state index contributed by atoms with van der Waals surface area (Å²) in [4.78, 5) is 13.2. The van der Waals surface area contributed by atoms with Crippen LogP contribution >= 0.6 is 0 Å². The van der Waals surface area contributed by atoms with Gasteiger partial charge in [-0.3, -0.25) is 4.79 Å². The van der Waals surface area contributed by atoms with Crippen LogP contribution in [-0.4, -0.2) is 110 Å². The SMILES string of the molecule is CCCCCCCCCCCCCCCCCCCCCCCC(O)C(O)C(COC1OC(CO)C(O)C(O)C1O)NC(=O)C(O)CCCCCCCCCCCCCCCCCCCC. The van der Waals surface area contributed by atoms with Gasteiger partial charge >= 0.3 is 0 Å². The van der Waals surface area contributed by atoms with Crippen LogP contribution in [0.2, 0.25) is 0 Å². The van der Waals surface area contributed by atoms with Gasteiger partial charge in [0.05, 0.1) is 25.4 Å². The lowest BCUT2D eigenvalue weighted by Gasteiger charge is -2.40. The number of hydrogen-bond donors (Lipinski definition) is 8. The van der Waals surface area contributed by atoms with Gasteiger partial charge in [0.1, 0.15) is 36.6 Å². The Morgan fingerprint density at radius 2 is 0.788 bits per heavy atom. The monoisotopic (exact) mass is 944 g/mol. The molecule has 1 aliphatic heterocycles. The number of unbranched alkanes of at least 4 members (excludes halogenated alkanes) is 37. The van der Waals surface area contributed by atoms with Crippen molar-refractivity contribution in [2.75, 3.05) is 13.2 Å². The summed E-state index contributed by atoms with van der Waals surface area (Å²) in [5, 5.41) is 76.1. The Labute approximate surface area is 405 Å². The van der Waals surface area contributed by atoms with Crippen molar-refractivity contribution in [2.24, 2.45) is 0 Å². The van der Waals surface area contributed by atoms with E-state index in [4.69, 9.17) is 9.47 Å². The van der Waals surface area contributed by atoms with Gasteiger partial charge in [0.25, 0.3) is 0 Å². The lowest BCUT2D eigenvalue weighted by Crippen LogP contribution is -2.60. The van der Waals surface area contributed by atoms with E-state index in [1.165, 1.54) is 199 Å². The number of aliphatic hydroxyl groups excluding tert-OH is 7. The summed E-state index contributed by atoms with van der Waals surface area (Å²) in [7, 11) is 0. The Balaban J connectivity index is 2.32. The third kappa shape index (κ3) is 33.6. The molecule has 1 rings (SSSR count). The number of nitrogens with one attached hydrogen (secondary N) is 1. The van der Waals surface area contributed by atoms with Gasteiger partial charge in [-0.2, -0.15) is 0 Å². The lowest BCUT2D eigenvalue weighted by molar-refractivity contribution is -0.303. The van der Waals surface area contributed by atoms with Gasteiger partial charge in [-0.25, -0.2) is 0 Å². The maximum atomic E-state index is 13.2. The van der Waals surface area contributed by atoms with Crippen molar-refractivity contribution in [3.05, 3.63) is 0 Å². The number of aliphatic hydroxyl groups is 7. The largest absolute Gasteiger partial charge is 0.394 e. The summed E-state index contributed by atoms with van der Waals surface area (Å²) in [6.45, 7) is 3.49. The Kier molecular flexibility index (Phi) is 43.3. The topological polar surface area (TPSA) is 189 Å². The van der Waals surface area contributed by atoms with Gasteiger partial charge in [0, 0.05) is 0 Å². The molecule has 0 radical (unpaired) electrons. The third-order valence-electron chi connectivity index (χ3n) is 14.2. The highest BCUT2D eigenvalue weighted by Gasteiger charge is 2.44. The zero-order valence-corrected chi connectivity index (χ0v) is 43.0. The molecule has 11 heteroatoms. The number of carbonyl (C=O) groups excluding carboxylic acids is 1. The number of amides is 1. The molecule has 9 atom stereocenters. The third-order valence-corrected chi connectivity index (χ3v) is 14.2. The molecule has 0 aromatic rings. The average molecular weight is 944 g/mol. The second kappa shape index (κ2) is 45.3. The summed E-state index contributed by atoms with van der Waals surface area (Å²) >= 11 is 0. The minimum absolute atomic E-state index is 0.267. The van der Waals surface area contributed by atoms with E-state index < -0.39 is 74.2 Å². The Hall–Kier alpha value is -0.890. The van der Waals surface area contributed by atoms with Gasteiger partial charge < -0.3 is 50.5 Å². The quantitative estimate of drug-likeness (QED) is 0.0273. The minimum atomic E-state index is -1.66. The average Bonchev–Trinajstić information content (AvgIpc) is 3.32. The summed E-state index contributed by atoms with van der Waals surface area (Å²) in [5.41, 5.74) is 0. The van der Waals surface area contributed by atoms with E-state index in [-0.39, 0.29) is 6.42 Å².